The normalized spacial score (nSPS) is 11.9. The summed E-state index contributed by atoms with van der Waals surface area (Å²) in [6.07, 6.45) is 2.22. The van der Waals surface area contributed by atoms with E-state index in [1.165, 1.54) is 44.2 Å². The van der Waals surface area contributed by atoms with Gasteiger partial charge < -0.3 is 0 Å². The average molecular weight is 258 g/mol. The summed E-state index contributed by atoms with van der Waals surface area (Å²) in [5, 5.41) is 2.85. The number of rotatable bonds is 2. The van der Waals surface area contributed by atoms with Gasteiger partial charge in [-0.25, -0.2) is 0 Å². The number of fused-ring (bicyclic) bond motifs is 3. The van der Waals surface area contributed by atoms with Gasteiger partial charge in [0.2, 0.25) is 0 Å². The molecule has 20 heavy (non-hydrogen) atoms. The lowest BCUT2D eigenvalue weighted by Gasteiger charge is -2.13. The predicted octanol–water partition coefficient (Wildman–Crippen LogP) is 5.61. The van der Waals surface area contributed by atoms with Crippen molar-refractivity contribution in [1.82, 2.24) is 0 Å². The van der Waals surface area contributed by atoms with E-state index in [4.69, 9.17) is 0 Å². The fourth-order valence-corrected chi connectivity index (χ4v) is 3.73. The highest BCUT2D eigenvalue weighted by atomic mass is 14.3. The molecule has 0 fully saturated rings. The maximum atomic E-state index is 2.40. The zero-order valence-corrected chi connectivity index (χ0v) is 12.0. The molecular formula is C20H18. The first-order valence-corrected chi connectivity index (χ1v) is 7.52. The second kappa shape index (κ2) is 4.21. The van der Waals surface area contributed by atoms with E-state index in [0.717, 1.165) is 12.8 Å². The molecule has 0 saturated carbocycles. The molecule has 0 saturated heterocycles. The summed E-state index contributed by atoms with van der Waals surface area (Å²) in [4.78, 5) is 0. The van der Waals surface area contributed by atoms with Crippen LogP contribution in [0.15, 0.2) is 48.5 Å². The van der Waals surface area contributed by atoms with Crippen LogP contribution in [0, 0.1) is 0 Å². The molecular weight excluding hydrogens is 240 g/mol. The van der Waals surface area contributed by atoms with Crippen molar-refractivity contribution >= 4 is 10.8 Å². The Morgan fingerprint density at radius 2 is 1.50 bits per heavy atom. The molecule has 0 amide bonds. The van der Waals surface area contributed by atoms with E-state index in [1.807, 2.05) is 0 Å². The molecule has 0 heteroatoms. The molecule has 3 aromatic carbocycles. The van der Waals surface area contributed by atoms with E-state index in [2.05, 4.69) is 62.4 Å². The van der Waals surface area contributed by atoms with Crippen LogP contribution in [0.25, 0.3) is 33.0 Å². The summed E-state index contributed by atoms with van der Waals surface area (Å²) in [6, 6.07) is 18.0. The van der Waals surface area contributed by atoms with Crippen LogP contribution in [0.3, 0.4) is 0 Å². The summed E-state index contributed by atoms with van der Waals surface area (Å²) in [6.45, 7) is 4.54. The SMILES string of the molecule is CCc1cc2cccc3c2c(c1CC)-c1ccccc1-3. The Kier molecular flexibility index (Phi) is 2.47. The lowest BCUT2D eigenvalue weighted by Crippen LogP contribution is -1.95. The van der Waals surface area contributed by atoms with Crippen LogP contribution >= 0.6 is 0 Å². The quantitative estimate of drug-likeness (QED) is 0.438. The van der Waals surface area contributed by atoms with Crippen LogP contribution in [0.2, 0.25) is 0 Å². The van der Waals surface area contributed by atoms with Crippen molar-refractivity contribution < 1.29 is 0 Å². The molecule has 0 spiro atoms. The van der Waals surface area contributed by atoms with Crippen molar-refractivity contribution in [3.63, 3.8) is 0 Å². The molecule has 3 aromatic rings. The van der Waals surface area contributed by atoms with Gasteiger partial charge in [-0.1, -0.05) is 62.4 Å². The van der Waals surface area contributed by atoms with Crippen LogP contribution in [0.5, 0.6) is 0 Å². The fraction of sp³-hybridized carbons (Fsp3) is 0.200. The molecule has 98 valence electrons. The number of hydrogen-bond donors (Lipinski definition) is 0. The van der Waals surface area contributed by atoms with E-state index in [9.17, 15) is 0 Å². The second-order valence-corrected chi connectivity index (χ2v) is 5.55. The zero-order chi connectivity index (χ0) is 13.7. The van der Waals surface area contributed by atoms with Gasteiger partial charge in [0.25, 0.3) is 0 Å². The molecule has 0 bridgehead atoms. The smallest absolute Gasteiger partial charge is 0.00234 e. The number of aryl methyl sites for hydroxylation is 1. The average Bonchev–Trinajstić information content (AvgIpc) is 2.84. The lowest BCUT2D eigenvalue weighted by molar-refractivity contribution is 1.05. The highest BCUT2D eigenvalue weighted by Crippen LogP contribution is 2.49. The largest absolute Gasteiger partial charge is 0.0616 e. The third-order valence-corrected chi connectivity index (χ3v) is 4.59. The van der Waals surface area contributed by atoms with Gasteiger partial charge in [0.15, 0.2) is 0 Å². The minimum absolute atomic E-state index is 1.11. The minimum Gasteiger partial charge on any atom is -0.0616 e. The van der Waals surface area contributed by atoms with Crippen LogP contribution in [-0.4, -0.2) is 0 Å². The molecule has 4 rings (SSSR count). The topological polar surface area (TPSA) is 0 Å². The van der Waals surface area contributed by atoms with E-state index in [0.29, 0.717) is 0 Å². The zero-order valence-electron chi connectivity index (χ0n) is 12.0. The first kappa shape index (κ1) is 11.7. The first-order valence-electron chi connectivity index (χ1n) is 7.52. The molecule has 1 aliphatic rings. The Morgan fingerprint density at radius 3 is 2.25 bits per heavy atom. The van der Waals surface area contributed by atoms with E-state index >= 15 is 0 Å². The standard InChI is InChI=1S/C20H18/c1-3-13-12-14-8-7-11-17-16-9-5-6-10-18(16)20(19(14)17)15(13)4-2/h5-12H,3-4H2,1-2H3. The van der Waals surface area contributed by atoms with Gasteiger partial charge in [-0.2, -0.15) is 0 Å². The van der Waals surface area contributed by atoms with E-state index in [1.54, 1.807) is 0 Å². The van der Waals surface area contributed by atoms with Crippen molar-refractivity contribution in [2.24, 2.45) is 0 Å². The molecule has 0 N–H and O–H groups in total. The van der Waals surface area contributed by atoms with Gasteiger partial charge in [-0.3, -0.25) is 0 Å². The molecule has 0 aliphatic heterocycles. The van der Waals surface area contributed by atoms with Crippen molar-refractivity contribution in [3.05, 3.63) is 59.7 Å². The minimum atomic E-state index is 1.11. The molecule has 0 nitrogen and oxygen atoms in total. The predicted molar refractivity (Wildman–Crippen MR) is 87.1 cm³/mol. The van der Waals surface area contributed by atoms with Crippen LogP contribution in [-0.2, 0) is 12.8 Å². The van der Waals surface area contributed by atoms with Gasteiger partial charge in [0, 0.05) is 0 Å². The Balaban J connectivity index is 2.25. The number of benzene rings is 3. The molecule has 0 heterocycles. The van der Waals surface area contributed by atoms with Crippen LogP contribution in [0.1, 0.15) is 25.0 Å². The van der Waals surface area contributed by atoms with Crippen molar-refractivity contribution in [2.45, 2.75) is 26.7 Å². The molecule has 1 aliphatic carbocycles. The van der Waals surface area contributed by atoms with Gasteiger partial charge >= 0.3 is 0 Å². The lowest BCUT2D eigenvalue weighted by atomic mass is 9.90. The van der Waals surface area contributed by atoms with Crippen molar-refractivity contribution in [3.8, 4) is 22.3 Å². The van der Waals surface area contributed by atoms with Gasteiger partial charge in [0.05, 0.1) is 0 Å². The third-order valence-electron chi connectivity index (χ3n) is 4.59. The van der Waals surface area contributed by atoms with Crippen LogP contribution < -0.4 is 0 Å². The highest BCUT2D eigenvalue weighted by Gasteiger charge is 2.24. The Hall–Kier alpha value is -2.08. The summed E-state index contributed by atoms with van der Waals surface area (Å²) < 4.78 is 0. The Morgan fingerprint density at radius 1 is 0.750 bits per heavy atom. The maximum absolute atomic E-state index is 2.40. The highest BCUT2D eigenvalue weighted by molar-refractivity contribution is 6.16. The van der Waals surface area contributed by atoms with E-state index in [-0.39, 0.29) is 0 Å². The third kappa shape index (κ3) is 1.37. The van der Waals surface area contributed by atoms with Crippen molar-refractivity contribution in [1.29, 1.82) is 0 Å². The van der Waals surface area contributed by atoms with Gasteiger partial charge in [-0.05, 0) is 57.0 Å². The summed E-state index contributed by atoms with van der Waals surface area (Å²) in [7, 11) is 0. The number of hydrogen-bond acceptors (Lipinski definition) is 0. The van der Waals surface area contributed by atoms with Gasteiger partial charge in [-0.15, -0.1) is 0 Å². The van der Waals surface area contributed by atoms with Crippen molar-refractivity contribution in [2.75, 3.05) is 0 Å². The summed E-state index contributed by atoms with van der Waals surface area (Å²) in [5.74, 6) is 0. The maximum Gasteiger partial charge on any atom is -0.00234 e. The molecule has 0 atom stereocenters. The second-order valence-electron chi connectivity index (χ2n) is 5.55. The molecule has 0 unspecified atom stereocenters. The van der Waals surface area contributed by atoms with Crippen LogP contribution in [0.4, 0.5) is 0 Å². The monoisotopic (exact) mass is 258 g/mol. The van der Waals surface area contributed by atoms with Gasteiger partial charge in [0.1, 0.15) is 0 Å². The Labute approximate surface area is 120 Å². The first-order chi connectivity index (χ1) is 9.85. The fourth-order valence-electron chi connectivity index (χ4n) is 3.73. The summed E-state index contributed by atoms with van der Waals surface area (Å²) in [5.41, 5.74) is 8.77. The van der Waals surface area contributed by atoms with E-state index < -0.39 is 0 Å². The summed E-state index contributed by atoms with van der Waals surface area (Å²) >= 11 is 0. The molecule has 0 aromatic heterocycles. The Bertz CT molecular complexity index is 825. The molecule has 0 radical (unpaired) electrons.